The van der Waals surface area contributed by atoms with E-state index >= 15 is 0 Å². The Morgan fingerprint density at radius 2 is 2.00 bits per heavy atom. The number of halogens is 1. The molecule has 0 atom stereocenters. The first-order valence-electron chi connectivity index (χ1n) is 10.7. The molecule has 1 amide bonds. The van der Waals surface area contributed by atoms with Crippen molar-refractivity contribution >= 4 is 40.3 Å². The maximum Gasteiger partial charge on any atom is 0.249 e. The van der Waals surface area contributed by atoms with E-state index in [1.54, 1.807) is 6.07 Å². The van der Waals surface area contributed by atoms with Crippen molar-refractivity contribution in [2.75, 3.05) is 5.75 Å². The molecular weight excluding hydrogens is 458 g/mol. The van der Waals surface area contributed by atoms with Gasteiger partial charge in [-0.25, -0.2) is 4.98 Å². The molecule has 9 heteroatoms. The topological polar surface area (TPSA) is 77.0 Å². The predicted octanol–water partition coefficient (Wildman–Crippen LogP) is 5.21. The molecule has 1 fully saturated rings. The normalized spacial score (nSPS) is 13.4. The van der Waals surface area contributed by atoms with Gasteiger partial charge in [-0.1, -0.05) is 53.7 Å². The number of hydrogen-bond acceptors (Lipinski definition) is 6. The highest BCUT2D eigenvalue weighted by Crippen LogP contribution is 2.32. The van der Waals surface area contributed by atoms with Crippen LogP contribution >= 0.6 is 23.4 Å². The van der Waals surface area contributed by atoms with Crippen LogP contribution in [0.4, 0.5) is 0 Å². The lowest BCUT2D eigenvalue weighted by atomic mass is 10.2. The second-order valence-corrected chi connectivity index (χ2v) is 9.15. The molecule has 4 aromatic rings. The Kier molecular flexibility index (Phi) is 6.20. The second kappa shape index (κ2) is 9.41. The molecule has 0 radical (unpaired) electrons. The van der Waals surface area contributed by atoms with Crippen molar-refractivity contribution in [3.8, 4) is 11.5 Å². The van der Waals surface area contributed by atoms with Crippen LogP contribution in [-0.2, 0) is 17.9 Å². The van der Waals surface area contributed by atoms with Gasteiger partial charge in [-0.2, -0.15) is 0 Å². The van der Waals surface area contributed by atoms with Crippen molar-refractivity contribution < 1.29 is 9.21 Å². The van der Waals surface area contributed by atoms with Crippen LogP contribution in [0.1, 0.15) is 18.7 Å². The van der Waals surface area contributed by atoms with E-state index in [1.165, 1.54) is 11.8 Å². The minimum Gasteiger partial charge on any atom is -0.419 e. The standard InChI is InChI=1S/C24H22ClN5O2S/c1-2-13-29-20-10-6-5-9-19(20)26-24(29)33-15-22(31)30(16-11-12-16)14-21-27-28-23(32-21)17-7-3-4-8-18(17)25/h2-10,16H,1,11-15H2. The largest absolute Gasteiger partial charge is 0.419 e. The molecule has 1 aliphatic carbocycles. The van der Waals surface area contributed by atoms with Crippen LogP contribution in [0.2, 0.25) is 5.02 Å². The first kappa shape index (κ1) is 21.7. The number of fused-ring (bicyclic) bond motifs is 1. The van der Waals surface area contributed by atoms with Crippen molar-refractivity contribution in [2.45, 2.75) is 37.1 Å². The third-order valence-electron chi connectivity index (χ3n) is 5.44. The number of rotatable bonds is 9. The molecule has 2 aromatic carbocycles. The van der Waals surface area contributed by atoms with Gasteiger partial charge in [0, 0.05) is 12.6 Å². The van der Waals surface area contributed by atoms with E-state index < -0.39 is 0 Å². The molecule has 1 saturated carbocycles. The van der Waals surface area contributed by atoms with Crippen LogP contribution < -0.4 is 0 Å². The van der Waals surface area contributed by atoms with Crippen LogP contribution in [0.5, 0.6) is 0 Å². The lowest BCUT2D eigenvalue weighted by Crippen LogP contribution is -2.34. The number of thioether (sulfide) groups is 1. The number of imidazole rings is 1. The van der Waals surface area contributed by atoms with Gasteiger partial charge >= 0.3 is 0 Å². The molecule has 0 saturated heterocycles. The summed E-state index contributed by atoms with van der Waals surface area (Å²) >= 11 is 7.68. The summed E-state index contributed by atoms with van der Waals surface area (Å²) in [5.74, 6) is 1.06. The zero-order valence-electron chi connectivity index (χ0n) is 17.9. The number of hydrogen-bond donors (Lipinski definition) is 0. The van der Waals surface area contributed by atoms with E-state index in [9.17, 15) is 4.79 Å². The highest BCUT2D eigenvalue weighted by molar-refractivity contribution is 7.99. The van der Waals surface area contributed by atoms with E-state index in [0.29, 0.717) is 28.9 Å². The molecule has 0 spiro atoms. The first-order chi connectivity index (χ1) is 16.1. The number of allylic oxidation sites excluding steroid dienone is 1. The van der Waals surface area contributed by atoms with Crippen molar-refractivity contribution in [1.82, 2.24) is 24.6 Å². The van der Waals surface area contributed by atoms with Gasteiger partial charge in [-0.3, -0.25) is 4.79 Å². The maximum atomic E-state index is 13.2. The molecule has 5 rings (SSSR count). The average molecular weight is 480 g/mol. The molecule has 0 N–H and O–H groups in total. The summed E-state index contributed by atoms with van der Waals surface area (Å²) < 4.78 is 7.91. The number of nitrogens with zero attached hydrogens (tertiary/aromatic N) is 5. The Balaban J connectivity index is 1.30. The summed E-state index contributed by atoms with van der Waals surface area (Å²) in [6.45, 7) is 4.77. The number of benzene rings is 2. The van der Waals surface area contributed by atoms with Crippen molar-refractivity contribution in [1.29, 1.82) is 0 Å². The fourth-order valence-electron chi connectivity index (χ4n) is 3.69. The van der Waals surface area contributed by atoms with Crippen molar-refractivity contribution in [2.24, 2.45) is 0 Å². The smallest absolute Gasteiger partial charge is 0.249 e. The van der Waals surface area contributed by atoms with Gasteiger partial charge in [0.25, 0.3) is 0 Å². The van der Waals surface area contributed by atoms with Crippen molar-refractivity contribution in [3.05, 3.63) is 72.1 Å². The summed E-state index contributed by atoms with van der Waals surface area (Å²) in [5.41, 5.74) is 2.62. The minimum absolute atomic E-state index is 0.0252. The minimum atomic E-state index is 0.0252. The lowest BCUT2D eigenvalue weighted by Gasteiger charge is -2.20. The molecule has 0 unspecified atom stereocenters. The van der Waals surface area contributed by atoms with Gasteiger partial charge in [0.1, 0.15) is 0 Å². The fourth-order valence-corrected chi connectivity index (χ4v) is 4.82. The van der Waals surface area contributed by atoms with E-state index in [-0.39, 0.29) is 24.2 Å². The molecule has 2 aromatic heterocycles. The summed E-state index contributed by atoms with van der Waals surface area (Å²) in [4.78, 5) is 19.7. The van der Waals surface area contributed by atoms with Crippen LogP contribution in [0.15, 0.2) is 70.8 Å². The highest BCUT2D eigenvalue weighted by Gasteiger charge is 2.34. The molecule has 168 valence electrons. The van der Waals surface area contributed by atoms with Crippen LogP contribution in [0.3, 0.4) is 0 Å². The highest BCUT2D eigenvalue weighted by atomic mass is 35.5. The molecule has 7 nitrogen and oxygen atoms in total. The van der Waals surface area contributed by atoms with Crippen LogP contribution in [0, 0.1) is 0 Å². The maximum absolute atomic E-state index is 13.2. The monoisotopic (exact) mass is 479 g/mol. The predicted molar refractivity (Wildman–Crippen MR) is 129 cm³/mol. The van der Waals surface area contributed by atoms with Gasteiger partial charge < -0.3 is 13.9 Å². The Hall–Kier alpha value is -3.10. The summed E-state index contributed by atoms with van der Waals surface area (Å²) in [6, 6.07) is 15.5. The Morgan fingerprint density at radius 1 is 1.21 bits per heavy atom. The second-order valence-electron chi connectivity index (χ2n) is 7.80. The number of carbonyl (C=O) groups is 1. The first-order valence-corrected chi connectivity index (χ1v) is 12.1. The molecule has 0 bridgehead atoms. The molecule has 1 aliphatic rings. The summed E-state index contributed by atoms with van der Waals surface area (Å²) in [5, 5.41) is 9.62. The quantitative estimate of drug-likeness (QED) is 0.242. The molecular formula is C24H22ClN5O2S. The number of aromatic nitrogens is 4. The summed E-state index contributed by atoms with van der Waals surface area (Å²) in [6.07, 6.45) is 3.80. The Morgan fingerprint density at radius 3 is 2.79 bits per heavy atom. The number of para-hydroxylation sites is 2. The molecule has 2 heterocycles. The van der Waals surface area contributed by atoms with E-state index in [0.717, 1.165) is 29.0 Å². The van der Waals surface area contributed by atoms with E-state index in [2.05, 4.69) is 21.3 Å². The van der Waals surface area contributed by atoms with Gasteiger partial charge in [-0.05, 0) is 37.1 Å². The average Bonchev–Trinajstić information content (AvgIpc) is 3.46. The van der Waals surface area contributed by atoms with Gasteiger partial charge in [-0.15, -0.1) is 16.8 Å². The van der Waals surface area contributed by atoms with Gasteiger partial charge in [0.05, 0.1) is 33.9 Å². The molecule has 0 aliphatic heterocycles. The Bertz CT molecular complexity index is 1310. The summed E-state index contributed by atoms with van der Waals surface area (Å²) in [7, 11) is 0. The lowest BCUT2D eigenvalue weighted by molar-refractivity contribution is -0.129. The fraction of sp³-hybridized carbons (Fsp3) is 0.250. The van der Waals surface area contributed by atoms with Gasteiger partial charge in [0.2, 0.25) is 17.7 Å². The number of amides is 1. The Labute approximate surface area is 200 Å². The van der Waals surface area contributed by atoms with Crippen LogP contribution in [0.25, 0.3) is 22.5 Å². The van der Waals surface area contributed by atoms with Crippen molar-refractivity contribution in [3.63, 3.8) is 0 Å². The van der Waals surface area contributed by atoms with Gasteiger partial charge in [0.15, 0.2) is 5.16 Å². The molecule has 33 heavy (non-hydrogen) atoms. The SMILES string of the molecule is C=CCn1c(SCC(=O)N(Cc2nnc(-c3ccccc3Cl)o2)C2CC2)nc2ccccc21. The third-order valence-corrected chi connectivity index (χ3v) is 6.73. The third kappa shape index (κ3) is 4.67. The zero-order valence-corrected chi connectivity index (χ0v) is 19.4. The van der Waals surface area contributed by atoms with Crippen LogP contribution in [-0.4, -0.2) is 42.4 Å². The van der Waals surface area contributed by atoms with E-state index in [4.69, 9.17) is 21.0 Å². The zero-order chi connectivity index (χ0) is 22.8. The number of carbonyl (C=O) groups excluding carboxylic acids is 1. The van der Waals surface area contributed by atoms with E-state index in [1.807, 2.05) is 53.4 Å².